The van der Waals surface area contributed by atoms with Crippen LogP contribution in [0.2, 0.25) is 25.1 Å². The summed E-state index contributed by atoms with van der Waals surface area (Å²) in [6, 6.07) is 9.25. The lowest BCUT2D eigenvalue weighted by Gasteiger charge is -2.30. The Morgan fingerprint density at radius 2 is 0.647 bits per heavy atom. The average Bonchev–Trinajstić information content (AvgIpc) is 1.66. The van der Waals surface area contributed by atoms with Crippen molar-refractivity contribution in [1.29, 1.82) is 0 Å². The highest BCUT2D eigenvalue weighted by atomic mass is 35.5. The Kier molecular flexibility index (Phi) is 33.9. The summed E-state index contributed by atoms with van der Waals surface area (Å²) in [5.41, 5.74) is 34.2. The second kappa shape index (κ2) is 47.0. The number of nitrogens with two attached hydrogens (primary N) is 5. The molecule has 18 heterocycles. The lowest BCUT2D eigenvalue weighted by Crippen LogP contribution is -2.38. The van der Waals surface area contributed by atoms with Crippen molar-refractivity contribution in [3.8, 4) is 28.7 Å². The number of carbonyl (C=O) groups is 5. The van der Waals surface area contributed by atoms with Crippen molar-refractivity contribution in [3.63, 3.8) is 0 Å². The molecule has 3 aliphatic rings. The topological polar surface area (TPSA) is 563 Å². The first-order valence-corrected chi connectivity index (χ1v) is 45.2. The minimum absolute atomic E-state index is 0.0397. The number of likely N-dealkylation sites (tertiary alicyclic amines) is 3. The molecule has 51 heteroatoms. The molecule has 5 amide bonds. The highest BCUT2D eigenvalue weighted by molar-refractivity contribution is 6.32. The number of nitrogen functional groups attached to an aromatic ring is 5. The van der Waals surface area contributed by atoms with Gasteiger partial charge in [-0.05, 0) is 107 Å². The quantitative estimate of drug-likeness (QED) is 0.0195. The normalized spacial score (nSPS) is 14.8. The zero-order chi connectivity index (χ0) is 98.5. The number of ether oxygens (including phenoxy) is 6. The molecule has 46 nitrogen and oxygen atoms in total. The van der Waals surface area contributed by atoms with E-state index in [-0.39, 0.29) is 63.0 Å². The number of anilines is 10. The first kappa shape index (κ1) is 100. The van der Waals surface area contributed by atoms with E-state index in [0.717, 1.165) is 77.8 Å². The Hall–Kier alpha value is -14.6. The van der Waals surface area contributed by atoms with E-state index in [1.54, 1.807) is 67.5 Å². The maximum Gasteiger partial charge on any atom is 0.263 e. The van der Waals surface area contributed by atoms with Crippen LogP contribution in [0, 0.1) is 0 Å². The molecule has 0 radical (unpaired) electrons. The summed E-state index contributed by atoms with van der Waals surface area (Å²) in [5.74, 6) is 0.650. The van der Waals surface area contributed by atoms with E-state index in [9.17, 15) is 24.0 Å². The van der Waals surface area contributed by atoms with Gasteiger partial charge in [-0.25, -0.2) is 47.5 Å². The molecule has 0 bridgehead atoms. The highest BCUT2D eigenvalue weighted by Crippen LogP contribution is 2.34. The standard InChI is InChI=1S/C18H22ClN7O3.3C18H20ClN7O2.C16H18ClN7O2/c1-25(2)5-6-28-7-8-29-14-3-4-21-10-13(14)23-18(27)15-16(20)24-26-11-12(19)9-22-17(15)26;2*1-25-6-2-3-12(25)10-28-14-4-5-21-8-13(14)23-18(27)15-16(20)24-26-9-11(19)7-22-17(15)26;1-25-6-2-3-12(10-25)28-14-4-5-21-8-13(14)23-18(27)15-16(20)24-26-9-11(19)7-22-17(15)26;1-23(2)5-6-26-12-3-4-19-8-11(12)21-16(25)13-14(18)22-24-9-10(17)7-20-15(13)24/h3-4,9-11H,5-8H2,1-2H3,(H2,20,24)(H,23,27);3*4-5,7-9,12H,2-3,6,10H2,1H3,(H2,20,24)(H,23,27);3-4,7-9H,5-6H2,1-2H3,(H2,18,22)(H,21,25)/t;2*12-;;/m.10../s1. The van der Waals surface area contributed by atoms with E-state index < -0.39 is 29.5 Å². The average molecular weight is 2000 g/mol. The summed E-state index contributed by atoms with van der Waals surface area (Å²) in [5, 5.41) is 36.3. The molecule has 15 aromatic rings. The molecule has 15 aromatic heterocycles. The Labute approximate surface area is 819 Å². The molecule has 0 spiro atoms. The van der Waals surface area contributed by atoms with Crippen molar-refractivity contribution in [2.75, 3.05) is 183 Å². The summed E-state index contributed by atoms with van der Waals surface area (Å²) in [7, 11) is 14.1. The summed E-state index contributed by atoms with van der Waals surface area (Å²) < 4.78 is 41.9. The van der Waals surface area contributed by atoms with Crippen molar-refractivity contribution in [3.05, 3.63) is 207 Å². The number of halogens is 5. The number of amides is 5. The number of carbonyl (C=O) groups excluding carboxylic acids is 5. The molecule has 0 aromatic carbocycles. The maximum absolute atomic E-state index is 12.9. The smallest absolute Gasteiger partial charge is 0.263 e. The third kappa shape index (κ3) is 26.0. The molecule has 18 rings (SSSR count). The minimum atomic E-state index is -0.479. The van der Waals surface area contributed by atoms with Crippen molar-refractivity contribution >= 4 is 173 Å². The number of hydrogen-bond donors (Lipinski definition) is 10. The van der Waals surface area contributed by atoms with Crippen molar-refractivity contribution in [2.24, 2.45) is 0 Å². The van der Waals surface area contributed by atoms with E-state index in [4.69, 9.17) is 115 Å². The van der Waals surface area contributed by atoms with Gasteiger partial charge in [0.1, 0.15) is 118 Å². The Balaban J connectivity index is 0.000000139. The van der Waals surface area contributed by atoms with E-state index in [0.29, 0.717) is 162 Å². The van der Waals surface area contributed by atoms with E-state index in [1.807, 2.05) is 38.0 Å². The van der Waals surface area contributed by atoms with Crippen LogP contribution in [0.4, 0.5) is 57.5 Å². The van der Waals surface area contributed by atoms with Crippen molar-refractivity contribution < 1.29 is 52.4 Å². The maximum atomic E-state index is 12.9. The summed E-state index contributed by atoms with van der Waals surface area (Å²) >= 11 is 29.5. The molecular formula is C88H100Cl5N35O11. The van der Waals surface area contributed by atoms with Crippen LogP contribution in [0.1, 0.15) is 90.3 Å². The number of hydrogen-bond acceptors (Lipinski definition) is 36. The van der Waals surface area contributed by atoms with Gasteiger partial charge in [-0.1, -0.05) is 58.0 Å². The van der Waals surface area contributed by atoms with Gasteiger partial charge in [0.05, 0.1) is 100 Å². The third-order valence-electron chi connectivity index (χ3n) is 21.7. The molecule has 15 N–H and O–H groups in total. The van der Waals surface area contributed by atoms with Gasteiger partial charge in [-0.2, -0.15) is 0 Å². The van der Waals surface area contributed by atoms with Crippen LogP contribution in [0.5, 0.6) is 28.7 Å². The molecule has 3 fully saturated rings. The highest BCUT2D eigenvalue weighted by Gasteiger charge is 2.31. The molecule has 3 atom stereocenters. The van der Waals surface area contributed by atoms with Gasteiger partial charge in [0.15, 0.2) is 57.3 Å². The van der Waals surface area contributed by atoms with Gasteiger partial charge in [-0.15, -0.1) is 25.5 Å². The molecule has 3 saturated heterocycles. The summed E-state index contributed by atoms with van der Waals surface area (Å²) in [6.45, 7) is 8.53. The van der Waals surface area contributed by atoms with E-state index in [1.165, 1.54) is 109 Å². The van der Waals surface area contributed by atoms with Crippen LogP contribution in [0.15, 0.2) is 154 Å². The van der Waals surface area contributed by atoms with Crippen molar-refractivity contribution in [1.82, 2.24) is 122 Å². The number of nitrogens with zero attached hydrogens (tertiary/aromatic N) is 25. The van der Waals surface area contributed by atoms with Crippen LogP contribution in [0.25, 0.3) is 28.2 Å². The van der Waals surface area contributed by atoms with Gasteiger partial charge in [0.25, 0.3) is 29.5 Å². The van der Waals surface area contributed by atoms with Gasteiger partial charge < -0.3 is 108 Å². The van der Waals surface area contributed by atoms with Gasteiger partial charge in [-0.3, -0.25) is 48.9 Å². The number of nitrogens with one attached hydrogen (secondary N) is 5. The fourth-order valence-corrected chi connectivity index (χ4v) is 15.4. The molecule has 0 saturated carbocycles. The van der Waals surface area contributed by atoms with Gasteiger partial charge >= 0.3 is 0 Å². The van der Waals surface area contributed by atoms with Gasteiger partial charge in [0.2, 0.25) is 0 Å². The summed E-state index contributed by atoms with van der Waals surface area (Å²) in [4.78, 5) is 116. The Bertz CT molecular complexity index is 6700. The molecule has 1 unspecified atom stereocenters. The monoisotopic (exact) mass is 2000 g/mol. The first-order chi connectivity index (χ1) is 67.0. The number of pyridine rings is 5. The molecule has 0 aliphatic carbocycles. The third-order valence-corrected chi connectivity index (χ3v) is 22.6. The predicted octanol–water partition coefficient (Wildman–Crippen LogP) is 9.38. The Morgan fingerprint density at radius 3 is 0.942 bits per heavy atom. The second-order valence-corrected chi connectivity index (χ2v) is 34.6. The zero-order valence-corrected chi connectivity index (χ0v) is 80.1. The first-order valence-electron chi connectivity index (χ1n) is 43.3. The molecular weight excluding hydrogens is 1900 g/mol. The second-order valence-electron chi connectivity index (χ2n) is 32.4. The van der Waals surface area contributed by atoms with Crippen LogP contribution in [0.3, 0.4) is 0 Å². The summed E-state index contributed by atoms with van der Waals surface area (Å²) in [6.07, 6.45) is 37.1. The predicted molar refractivity (Wildman–Crippen MR) is 525 cm³/mol. The van der Waals surface area contributed by atoms with Gasteiger partial charge in [0, 0.05) is 124 Å². The van der Waals surface area contributed by atoms with Crippen LogP contribution >= 0.6 is 58.0 Å². The van der Waals surface area contributed by atoms with Crippen LogP contribution in [-0.4, -0.2) is 298 Å². The number of piperidine rings is 1. The molecule has 728 valence electrons. The number of rotatable bonds is 29. The largest absolute Gasteiger partial charge is 0.490 e. The lowest BCUT2D eigenvalue weighted by atomic mass is 10.1. The number of fused-ring (bicyclic) bond motifs is 5. The number of likely N-dealkylation sites (N-methyl/N-ethyl adjacent to an activating group) is 5. The van der Waals surface area contributed by atoms with E-state index >= 15 is 0 Å². The van der Waals surface area contributed by atoms with Crippen molar-refractivity contribution in [2.45, 2.75) is 56.7 Å². The Morgan fingerprint density at radius 1 is 0.367 bits per heavy atom. The fourth-order valence-electron chi connectivity index (χ4n) is 14.7. The SMILES string of the molecule is CN(C)CCOCCOc1ccncc1NC(=O)c1c(N)nn2cc(Cl)cnc12.CN(C)CCOc1ccncc1NC(=O)c1c(N)nn2cc(Cl)cnc12.CN1CCCC(Oc2ccncc2NC(=O)c2c(N)nn3cc(Cl)cnc23)C1.CN1CCC[C@@H]1COc1ccncc1NC(=O)c1c(N)nn2cc(Cl)cnc12.CN1CCC[C@H]1COc1ccncc1NC(=O)c1c(N)nn2cc(Cl)cnc12. The zero-order valence-electron chi connectivity index (χ0n) is 76.3. The number of aromatic nitrogens is 20. The fraction of sp³-hybridized carbons (Fsp3) is 0.318. The van der Waals surface area contributed by atoms with Crippen LogP contribution < -0.4 is 78.9 Å². The minimum Gasteiger partial charge on any atom is -0.490 e. The lowest BCUT2D eigenvalue weighted by molar-refractivity contribution is 0.0890. The van der Waals surface area contributed by atoms with Crippen LogP contribution in [-0.2, 0) is 4.74 Å². The molecule has 139 heavy (non-hydrogen) atoms. The van der Waals surface area contributed by atoms with E-state index in [2.05, 4.69) is 138 Å². The molecule has 3 aliphatic heterocycles.